The normalized spacial score (nSPS) is 17.1. The van der Waals surface area contributed by atoms with E-state index in [0.29, 0.717) is 5.92 Å². The molecule has 3 nitrogen and oxygen atoms in total. The highest BCUT2D eigenvalue weighted by atomic mass is 32.2. The summed E-state index contributed by atoms with van der Waals surface area (Å²) in [6.07, 6.45) is 3.19. The quantitative estimate of drug-likeness (QED) is 0.827. The summed E-state index contributed by atoms with van der Waals surface area (Å²) in [5.41, 5.74) is 2.80. The first-order chi connectivity index (χ1) is 10.3. The average Bonchev–Trinajstić information content (AvgIpc) is 3.06. The summed E-state index contributed by atoms with van der Waals surface area (Å²) in [5.74, 6) is 2.90. The van der Waals surface area contributed by atoms with Gasteiger partial charge < -0.3 is 9.88 Å². The number of benzene rings is 1. The Bertz CT molecular complexity index is 606. The minimum Gasteiger partial charge on any atom is -0.330 e. The largest absolute Gasteiger partial charge is 0.330 e. The van der Waals surface area contributed by atoms with Crippen LogP contribution >= 0.6 is 11.8 Å². The van der Waals surface area contributed by atoms with Crippen molar-refractivity contribution in [3.63, 3.8) is 0 Å². The fourth-order valence-electron chi connectivity index (χ4n) is 2.90. The van der Waals surface area contributed by atoms with Gasteiger partial charge in [-0.25, -0.2) is 4.98 Å². The maximum Gasteiger partial charge on any atom is 0.105 e. The molecule has 1 aliphatic rings. The van der Waals surface area contributed by atoms with Gasteiger partial charge in [0.2, 0.25) is 0 Å². The Hall–Kier alpha value is -1.26. The van der Waals surface area contributed by atoms with E-state index >= 15 is 0 Å². The third-order valence-corrected chi connectivity index (χ3v) is 5.32. The Morgan fingerprint density at radius 2 is 2.24 bits per heavy atom. The number of hydrogen-bond acceptors (Lipinski definition) is 3. The molecule has 0 bridgehead atoms. The van der Waals surface area contributed by atoms with Crippen LogP contribution in [0.3, 0.4) is 0 Å². The first-order valence-electron chi connectivity index (χ1n) is 7.73. The number of hydrogen-bond donors (Lipinski definition) is 1. The second-order valence-corrected chi connectivity index (χ2v) is 6.69. The third-order valence-electron chi connectivity index (χ3n) is 4.07. The molecule has 1 atom stereocenters. The molecule has 1 aromatic carbocycles. The van der Waals surface area contributed by atoms with Crippen molar-refractivity contribution in [3.05, 3.63) is 47.5 Å². The van der Waals surface area contributed by atoms with Crippen LogP contribution in [0.25, 0.3) is 0 Å². The number of thioether (sulfide) groups is 1. The Kier molecular flexibility index (Phi) is 4.66. The smallest absolute Gasteiger partial charge is 0.105 e. The Morgan fingerprint density at radius 1 is 1.38 bits per heavy atom. The van der Waals surface area contributed by atoms with Crippen LogP contribution in [0.4, 0.5) is 0 Å². The van der Waals surface area contributed by atoms with Crippen LogP contribution in [0.15, 0.2) is 35.4 Å². The Labute approximate surface area is 131 Å². The van der Waals surface area contributed by atoms with Gasteiger partial charge in [-0.2, -0.15) is 0 Å². The van der Waals surface area contributed by atoms with Gasteiger partial charge in [0.15, 0.2) is 0 Å². The van der Waals surface area contributed by atoms with Crippen molar-refractivity contribution in [1.29, 1.82) is 0 Å². The molecule has 1 aliphatic heterocycles. The van der Waals surface area contributed by atoms with Crippen LogP contribution in [-0.4, -0.2) is 21.8 Å². The molecule has 0 saturated carbocycles. The number of fused-ring (bicyclic) bond motifs is 1. The molecular formula is C17H23N3S. The van der Waals surface area contributed by atoms with E-state index < -0.39 is 0 Å². The van der Waals surface area contributed by atoms with Crippen molar-refractivity contribution >= 4 is 11.8 Å². The highest BCUT2D eigenvalue weighted by Gasteiger charge is 2.24. The summed E-state index contributed by atoms with van der Waals surface area (Å²) in [4.78, 5) is 5.96. The lowest BCUT2D eigenvalue weighted by Crippen LogP contribution is -2.19. The van der Waals surface area contributed by atoms with Crippen molar-refractivity contribution in [2.45, 2.75) is 44.2 Å². The molecule has 2 aromatic rings. The number of aromatic nitrogens is 2. The summed E-state index contributed by atoms with van der Waals surface area (Å²) in [6.45, 7) is 7.32. The van der Waals surface area contributed by atoms with Crippen LogP contribution < -0.4 is 5.32 Å². The van der Waals surface area contributed by atoms with Gasteiger partial charge in [0.05, 0.1) is 5.69 Å². The lowest BCUT2D eigenvalue weighted by molar-refractivity contribution is 0.551. The molecule has 112 valence electrons. The first kappa shape index (κ1) is 14.7. The molecule has 1 N–H and O–H groups in total. The second kappa shape index (κ2) is 6.67. The molecule has 0 saturated heterocycles. The third kappa shape index (κ3) is 3.16. The Morgan fingerprint density at radius 3 is 3.10 bits per heavy atom. The van der Waals surface area contributed by atoms with Crippen molar-refractivity contribution in [2.24, 2.45) is 0 Å². The van der Waals surface area contributed by atoms with E-state index in [-0.39, 0.29) is 0 Å². The highest BCUT2D eigenvalue weighted by Crippen LogP contribution is 2.40. The van der Waals surface area contributed by atoms with Gasteiger partial charge >= 0.3 is 0 Å². The van der Waals surface area contributed by atoms with Gasteiger partial charge in [0.1, 0.15) is 5.82 Å². The number of nitrogens with one attached hydrogen (secondary N) is 1. The Balaban J connectivity index is 1.75. The monoisotopic (exact) mass is 301 g/mol. The van der Waals surface area contributed by atoms with Gasteiger partial charge in [0, 0.05) is 35.9 Å². The zero-order valence-electron chi connectivity index (χ0n) is 12.8. The topological polar surface area (TPSA) is 29.9 Å². The van der Waals surface area contributed by atoms with Gasteiger partial charge in [-0.3, -0.25) is 0 Å². The predicted molar refractivity (Wildman–Crippen MR) is 88.9 cm³/mol. The van der Waals surface area contributed by atoms with E-state index in [1.807, 2.05) is 18.0 Å². The van der Waals surface area contributed by atoms with Gasteiger partial charge in [0.25, 0.3) is 0 Å². The minimum atomic E-state index is 0.601. The van der Waals surface area contributed by atoms with E-state index in [1.165, 1.54) is 28.3 Å². The highest BCUT2D eigenvalue weighted by molar-refractivity contribution is 7.99. The van der Waals surface area contributed by atoms with E-state index in [4.69, 9.17) is 0 Å². The molecule has 21 heavy (non-hydrogen) atoms. The average molecular weight is 301 g/mol. The van der Waals surface area contributed by atoms with Crippen LogP contribution in [0, 0.1) is 6.92 Å². The molecule has 3 rings (SSSR count). The van der Waals surface area contributed by atoms with Crippen molar-refractivity contribution in [1.82, 2.24) is 14.9 Å². The van der Waals surface area contributed by atoms with E-state index in [2.05, 4.69) is 53.0 Å². The zero-order valence-corrected chi connectivity index (χ0v) is 13.6. The summed E-state index contributed by atoms with van der Waals surface area (Å²) in [6, 6.07) is 8.81. The van der Waals surface area contributed by atoms with Crippen molar-refractivity contribution in [2.75, 3.05) is 12.3 Å². The molecule has 4 heteroatoms. The second-order valence-electron chi connectivity index (χ2n) is 5.63. The van der Waals surface area contributed by atoms with E-state index in [0.717, 1.165) is 25.5 Å². The molecule has 0 spiro atoms. The number of rotatable bonds is 6. The summed E-state index contributed by atoms with van der Waals surface area (Å²) < 4.78 is 2.38. The molecule has 1 unspecified atom stereocenters. The molecule has 0 radical (unpaired) electrons. The van der Waals surface area contributed by atoms with Gasteiger partial charge in [-0.05, 0) is 31.5 Å². The van der Waals surface area contributed by atoms with E-state index in [1.54, 1.807) is 0 Å². The van der Waals surface area contributed by atoms with E-state index in [9.17, 15) is 0 Å². The molecule has 1 aromatic heterocycles. The van der Waals surface area contributed by atoms with Gasteiger partial charge in [-0.1, -0.05) is 25.1 Å². The first-order valence-corrected chi connectivity index (χ1v) is 8.71. The molecular weight excluding hydrogens is 278 g/mol. The lowest BCUT2D eigenvalue weighted by atomic mass is 10.0. The fraction of sp³-hybridized carbons (Fsp3) is 0.471. The molecule has 0 amide bonds. The summed E-state index contributed by atoms with van der Waals surface area (Å²) >= 11 is 1.98. The zero-order chi connectivity index (χ0) is 14.7. The van der Waals surface area contributed by atoms with Crippen molar-refractivity contribution < 1.29 is 0 Å². The standard InChI is InChI=1S/C17H23N3S/c1-3-8-18-9-15-10-19-13(2)20(15)11-14-12-21-17-7-5-4-6-16(14)17/h4-7,10,14,18H,3,8-9,11-12H2,1-2H3. The number of aryl methyl sites for hydroxylation is 1. The molecule has 0 fully saturated rings. The SMILES string of the molecule is CCCNCc1cnc(C)n1CC1CSc2ccccc21. The van der Waals surface area contributed by atoms with Crippen LogP contribution in [0.1, 0.15) is 36.3 Å². The maximum absolute atomic E-state index is 4.51. The van der Waals surface area contributed by atoms with Gasteiger partial charge in [-0.15, -0.1) is 11.8 Å². The molecule has 2 heterocycles. The van der Waals surface area contributed by atoms with Crippen LogP contribution in [-0.2, 0) is 13.1 Å². The minimum absolute atomic E-state index is 0.601. The molecule has 0 aliphatic carbocycles. The van der Waals surface area contributed by atoms with Crippen LogP contribution in [0.5, 0.6) is 0 Å². The number of nitrogens with zero attached hydrogens (tertiary/aromatic N) is 2. The number of imidazole rings is 1. The summed E-state index contributed by atoms with van der Waals surface area (Å²) in [7, 11) is 0. The lowest BCUT2D eigenvalue weighted by Gasteiger charge is -2.16. The maximum atomic E-state index is 4.51. The fourth-order valence-corrected chi connectivity index (χ4v) is 4.14. The van der Waals surface area contributed by atoms with Crippen LogP contribution in [0.2, 0.25) is 0 Å². The predicted octanol–water partition coefficient (Wildman–Crippen LogP) is 3.58. The summed E-state index contributed by atoms with van der Waals surface area (Å²) in [5, 5.41) is 3.48. The van der Waals surface area contributed by atoms with Crippen molar-refractivity contribution in [3.8, 4) is 0 Å².